The summed E-state index contributed by atoms with van der Waals surface area (Å²) in [6.45, 7) is 0. The maximum absolute atomic E-state index is 2.45. The monoisotopic (exact) mass is 583 g/mol. The average Bonchev–Trinajstić information content (AvgIpc) is 3.62. The van der Waals surface area contributed by atoms with Crippen LogP contribution in [0.5, 0.6) is 0 Å². The van der Waals surface area contributed by atoms with Crippen LogP contribution in [0.3, 0.4) is 0 Å². The molecule has 9 rings (SSSR count). The van der Waals surface area contributed by atoms with Crippen LogP contribution >= 0.6 is 22.7 Å². The predicted molar refractivity (Wildman–Crippen MR) is 190 cm³/mol. The minimum Gasteiger partial charge on any atom is -0.310 e. The first-order chi connectivity index (χ1) is 21.3. The number of hydrogen-bond donors (Lipinski definition) is 0. The van der Waals surface area contributed by atoms with Crippen molar-refractivity contribution in [1.82, 2.24) is 0 Å². The van der Waals surface area contributed by atoms with E-state index in [1.807, 2.05) is 22.7 Å². The fourth-order valence-corrected chi connectivity index (χ4v) is 8.64. The molecule has 0 aliphatic rings. The number of benzene rings is 7. The predicted octanol–water partition coefficient (Wildman–Crippen LogP) is 12.7. The van der Waals surface area contributed by atoms with Crippen LogP contribution in [0.4, 0.5) is 17.1 Å². The Morgan fingerprint density at radius 2 is 1.02 bits per heavy atom. The third kappa shape index (κ3) is 4.04. The molecule has 202 valence electrons. The molecule has 0 spiro atoms. The molecular formula is C40H25NS2. The lowest BCUT2D eigenvalue weighted by Crippen LogP contribution is -2.10. The first kappa shape index (κ1) is 24.6. The summed E-state index contributed by atoms with van der Waals surface area (Å²) in [5.41, 5.74) is 5.95. The van der Waals surface area contributed by atoms with Crippen molar-refractivity contribution in [3.8, 4) is 11.1 Å². The van der Waals surface area contributed by atoms with E-state index in [0.717, 1.165) is 11.4 Å². The quantitative estimate of drug-likeness (QED) is 0.199. The van der Waals surface area contributed by atoms with Gasteiger partial charge in [0.1, 0.15) is 0 Å². The van der Waals surface area contributed by atoms with Crippen LogP contribution in [0.2, 0.25) is 0 Å². The van der Waals surface area contributed by atoms with E-state index in [1.54, 1.807) is 0 Å². The molecule has 0 fully saturated rings. The molecule has 0 saturated carbocycles. The van der Waals surface area contributed by atoms with Gasteiger partial charge in [0.2, 0.25) is 0 Å². The van der Waals surface area contributed by atoms with E-state index >= 15 is 0 Å². The second-order valence-corrected chi connectivity index (χ2v) is 13.1. The Kier molecular flexibility index (Phi) is 5.62. The molecule has 0 saturated heterocycles. The zero-order valence-corrected chi connectivity index (χ0v) is 24.8. The van der Waals surface area contributed by atoms with Crippen LogP contribution in [0.25, 0.3) is 62.2 Å². The van der Waals surface area contributed by atoms with Crippen molar-refractivity contribution in [2.24, 2.45) is 0 Å². The zero-order chi connectivity index (χ0) is 28.3. The molecule has 9 aromatic rings. The van der Waals surface area contributed by atoms with Crippen LogP contribution < -0.4 is 4.90 Å². The Hall–Kier alpha value is -4.96. The number of anilines is 3. The largest absolute Gasteiger partial charge is 0.310 e. The molecule has 0 radical (unpaired) electrons. The fraction of sp³-hybridized carbons (Fsp3) is 0. The third-order valence-corrected chi connectivity index (χ3v) is 10.7. The number of rotatable bonds is 4. The van der Waals surface area contributed by atoms with Gasteiger partial charge in [-0.25, -0.2) is 0 Å². The van der Waals surface area contributed by atoms with Gasteiger partial charge in [-0.05, 0) is 82.6 Å². The van der Waals surface area contributed by atoms with Crippen molar-refractivity contribution in [2.75, 3.05) is 4.90 Å². The summed E-state index contributed by atoms with van der Waals surface area (Å²) < 4.78 is 5.26. The van der Waals surface area contributed by atoms with E-state index in [2.05, 4.69) is 157 Å². The van der Waals surface area contributed by atoms with Crippen LogP contribution in [0.1, 0.15) is 0 Å². The molecule has 0 amide bonds. The lowest BCUT2D eigenvalue weighted by Gasteiger charge is -2.27. The highest BCUT2D eigenvalue weighted by atomic mass is 32.1. The Morgan fingerprint density at radius 3 is 1.88 bits per heavy atom. The smallest absolute Gasteiger partial charge is 0.0554 e. The zero-order valence-electron chi connectivity index (χ0n) is 23.2. The van der Waals surface area contributed by atoms with Crippen molar-refractivity contribution in [3.63, 3.8) is 0 Å². The van der Waals surface area contributed by atoms with E-state index in [4.69, 9.17) is 0 Å². The Labute approximate surface area is 257 Å². The molecule has 3 heteroatoms. The van der Waals surface area contributed by atoms with Crippen LogP contribution in [0.15, 0.2) is 152 Å². The van der Waals surface area contributed by atoms with Crippen LogP contribution in [0, 0.1) is 0 Å². The standard InChI is InChI=1S/C40H25NS2/c1-2-9-26(10-3-1)27-17-19-30(20-18-27)41(31-21-22-37-33(25-31)32-13-6-7-15-36(32)42-37)35-14-8-16-38-40(35)34-23-28-11-4-5-12-29(28)24-39(34)43-38/h1-25H. The second-order valence-electron chi connectivity index (χ2n) is 11.0. The maximum atomic E-state index is 2.45. The van der Waals surface area contributed by atoms with Gasteiger partial charge in [-0.3, -0.25) is 0 Å². The molecule has 43 heavy (non-hydrogen) atoms. The second kappa shape index (κ2) is 9.81. The summed E-state index contributed by atoms with van der Waals surface area (Å²) >= 11 is 3.74. The molecule has 0 aliphatic carbocycles. The van der Waals surface area contributed by atoms with Gasteiger partial charge in [-0.1, -0.05) is 91.0 Å². The van der Waals surface area contributed by atoms with E-state index in [9.17, 15) is 0 Å². The molecule has 0 atom stereocenters. The maximum Gasteiger partial charge on any atom is 0.0554 e. The first-order valence-electron chi connectivity index (χ1n) is 14.5. The molecule has 0 N–H and O–H groups in total. The average molecular weight is 584 g/mol. The van der Waals surface area contributed by atoms with Gasteiger partial charge in [0, 0.05) is 51.7 Å². The van der Waals surface area contributed by atoms with Gasteiger partial charge in [-0.2, -0.15) is 0 Å². The molecule has 2 aromatic heterocycles. The molecular weight excluding hydrogens is 559 g/mol. The van der Waals surface area contributed by atoms with Crippen molar-refractivity contribution in [2.45, 2.75) is 0 Å². The Balaban J connectivity index is 1.31. The van der Waals surface area contributed by atoms with Gasteiger partial charge in [0.25, 0.3) is 0 Å². The summed E-state index contributed by atoms with van der Waals surface area (Å²) in [5, 5.41) is 7.78. The number of fused-ring (bicyclic) bond motifs is 7. The van der Waals surface area contributed by atoms with E-state index in [-0.39, 0.29) is 0 Å². The molecule has 1 nitrogen and oxygen atoms in total. The van der Waals surface area contributed by atoms with Gasteiger partial charge < -0.3 is 4.90 Å². The lowest BCUT2D eigenvalue weighted by molar-refractivity contribution is 1.31. The van der Waals surface area contributed by atoms with E-state index in [1.165, 1.54) is 67.9 Å². The SMILES string of the molecule is c1ccc(-c2ccc(N(c3ccc4sc5ccccc5c4c3)c3cccc4sc5cc6ccccc6cc5c34)cc2)cc1. The molecule has 7 aromatic carbocycles. The van der Waals surface area contributed by atoms with Gasteiger partial charge in [-0.15, -0.1) is 22.7 Å². The minimum atomic E-state index is 1.14. The molecule has 0 unspecified atom stereocenters. The summed E-state index contributed by atoms with van der Waals surface area (Å²) in [5.74, 6) is 0. The minimum absolute atomic E-state index is 1.14. The normalized spacial score (nSPS) is 11.7. The van der Waals surface area contributed by atoms with Crippen LogP contribution in [-0.4, -0.2) is 0 Å². The highest BCUT2D eigenvalue weighted by Crippen LogP contribution is 2.47. The van der Waals surface area contributed by atoms with Crippen molar-refractivity contribution < 1.29 is 0 Å². The summed E-state index contributed by atoms with van der Waals surface area (Å²) in [4.78, 5) is 2.45. The molecule has 2 heterocycles. The van der Waals surface area contributed by atoms with Gasteiger partial charge in [0.05, 0.1) is 5.69 Å². The fourth-order valence-electron chi connectivity index (χ4n) is 6.39. The van der Waals surface area contributed by atoms with Gasteiger partial charge >= 0.3 is 0 Å². The Morgan fingerprint density at radius 1 is 0.372 bits per heavy atom. The van der Waals surface area contributed by atoms with Gasteiger partial charge in [0.15, 0.2) is 0 Å². The van der Waals surface area contributed by atoms with Crippen molar-refractivity contribution >= 4 is 90.9 Å². The highest BCUT2D eigenvalue weighted by molar-refractivity contribution is 7.26. The molecule has 0 aliphatic heterocycles. The number of hydrogen-bond acceptors (Lipinski definition) is 3. The first-order valence-corrected chi connectivity index (χ1v) is 16.1. The number of nitrogens with zero attached hydrogens (tertiary/aromatic N) is 1. The van der Waals surface area contributed by atoms with E-state index in [0.29, 0.717) is 0 Å². The highest BCUT2D eigenvalue weighted by Gasteiger charge is 2.20. The summed E-state index contributed by atoms with van der Waals surface area (Å²) in [7, 11) is 0. The van der Waals surface area contributed by atoms with Crippen molar-refractivity contribution in [1.29, 1.82) is 0 Å². The van der Waals surface area contributed by atoms with E-state index < -0.39 is 0 Å². The summed E-state index contributed by atoms with van der Waals surface area (Å²) in [6.07, 6.45) is 0. The lowest BCUT2D eigenvalue weighted by atomic mass is 10.0. The Bertz CT molecular complexity index is 2450. The molecule has 0 bridgehead atoms. The topological polar surface area (TPSA) is 3.24 Å². The van der Waals surface area contributed by atoms with Crippen LogP contribution in [-0.2, 0) is 0 Å². The summed E-state index contributed by atoms with van der Waals surface area (Å²) in [6, 6.07) is 55.5. The number of thiophene rings is 2. The third-order valence-electron chi connectivity index (χ3n) is 8.43. The van der Waals surface area contributed by atoms with Crippen molar-refractivity contribution in [3.05, 3.63) is 152 Å².